The molecule has 0 heterocycles. The van der Waals surface area contributed by atoms with Crippen molar-refractivity contribution in [2.75, 3.05) is 27.2 Å². The highest BCUT2D eigenvalue weighted by Crippen LogP contribution is 2.68. The summed E-state index contributed by atoms with van der Waals surface area (Å²) in [4.78, 5) is 2.42. The molecule has 2 aromatic rings. The van der Waals surface area contributed by atoms with E-state index in [2.05, 4.69) is 69.1 Å². The highest BCUT2D eigenvalue weighted by atomic mass is 35.5. The molecule has 0 amide bonds. The van der Waals surface area contributed by atoms with Crippen LogP contribution in [0.4, 0.5) is 0 Å². The van der Waals surface area contributed by atoms with Gasteiger partial charge in [0.1, 0.15) is 5.75 Å². The van der Waals surface area contributed by atoms with Crippen molar-refractivity contribution in [3.8, 4) is 5.75 Å². The lowest BCUT2D eigenvalue weighted by Gasteiger charge is -2.68. The highest BCUT2D eigenvalue weighted by Gasteiger charge is 2.66. The standard InChI is InChI=1S/C27H37NO2.ClH/c1-19-23-17-24(26(23,2)3)25(18-28(4)15-14-20-10-7-6-8-11-20)27(19,29)21-12-9-13-22(16-21)30-5;/h6-13,16,19,23-25,29H,14-15,17-18H2,1-5H3;1H/t19-,23-,24+,25-,27-;/m0./s1. The molecule has 5 atom stereocenters. The number of nitrogens with zero attached hydrogens (tertiary/aromatic N) is 1. The summed E-state index contributed by atoms with van der Waals surface area (Å²) < 4.78 is 5.49. The predicted molar refractivity (Wildman–Crippen MR) is 130 cm³/mol. The Morgan fingerprint density at radius 3 is 2.42 bits per heavy atom. The number of likely N-dealkylation sites (N-methyl/N-ethyl adjacent to an activating group) is 1. The normalized spacial score (nSPS) is 30.9. The van der Waals surface area contributed by atoms with Gasteiger partial charge in [0.25, 0.3) is 0 Å². The molecule has 0 aliphatic heterocycles. The number of benzene rings is 2. The average molecular weight is 444 g/mol. The SMILES string of the molecule is COc1cccc([C@@]2(O)[C@@H](C)[C@@H]3C[C@H]([C@@H]2CN(C)CCc2ccccc2)C3(C)C)c1.Cl. The van der Waals surface area contributed by atoms with Crippen LogP contribution in [0.3, 0.4) is 0 Å². The van der Waals surface area contributed by atoms with E-state index >= 15 is 0 Å². The van der Waals surface area contributed by atoms with Crippen LogP contribution in [0.25, 0.3) is 0 Å². The number of halogens is 1. The number of ether oxygens (including phenoxy) is 1. The summed E-state index contributed by atoms with van der Waals surface area (Å²) in [6.07, 6.45) is 2.27. The molecule has 0 spiro atoms. The van der Waals surface area contributed by atoms with E-state index in [1.165, 1.54) is 12.0 Å². The third-order valence-corrected chi connectivity index (χ3v) is 8.43. The molecule has 0 radical (unpaired) electrons. The smallest absolute Gasteiger partial charge is 0.119 e. The molecular formula is C27H38ClNO2. The van der Waals surface area contributed by atoms with E-state index in [-0.39, 0.29) is 29.7 Å². The van der Waals surface area contributed by atoms with Crippen LogP contribution in [0.1, 0.15) is 38.3 Å². The second-order valence-electron chi connectivity index (χ2n) is 10.2. The molecule has 0 unspecified atom stereocenters. The van der Waals surface area contributed by atoms with Gasteiger partial charge in [-0.1, -0.05) is 63.2 Å². The van der Waals surface area contributed by atoms with Gasteiger partial charge >= 0.3 is 0 Å². The van der Waals surface area contributed by atoms with Crippen molar-refractivity contribution in [2.24, 2.45) is 29.1 Å². The van der Waals surface area contributed by atoms with Gasteiger partial charge in [0, 0.05) is 19.0 Å². The molecule has 2 bridgehead atoms. The predicted octanol–water partition coefficient (Wildman–Crippen LogP) is 5.41. The minimum Gasteiger partial charge on any atom is -0.497 e. The lowest BCUT2D eigenvalue weighted by atomic mass is 9.38. The fraction of sp³-hybridized carbons (Fsp3) is 0.556. The maximum atomic E-state index is 12.3. The summed E-state index contributed by atoms with van der Waals surface area (Å²) in [6, 6.07) is 18.8. The fourth-order valence-corrected chi connectivity index (χ4v) is 6.49. The van der Waals surface area contributed by atoms with Gasteiger partial charge in [-0.15, -0.1) is 12.4 Å². The molecular weight excluding hydrogens is 406 g/mol. The van der Waals surface area contributed by atoms with E-state index in [0.29, 0.717) is 11.8 Å². The lowest BCUT2D eigenvalue weighted by molar-refractivity contribution is -0.257. The van der Waals surface area contributed by atoms with E-state index in [1.807, 2.05) is 18.2 Å². The maximum absolute atomic E-state index is 12.3. The van der Waals surface area contributed by atoms with Crippen LogP contribution in [0, 0.1) is 29.1 Å². The van der Waals surface area contributed by atoms with Crippen LogP contribution < -0.4 is 4.74 Å². The minimum absolute atomic E-state index is 0. The first-order chi connectivity index (χ1) is 14.3. The second-order valence-corrected chi connectivity index (χ2v) is 10.2. The average Bonchev–Trinajstić information content (AvgIpc) is 2.75. The zero-order valence-corrected chi connectivity index (χ0v) is 20.4. The van der Waals surface area contributed by atoms with Gasteiger partial charge in [0.15, 0.2) is 0 Å². The number of hydrogen-bond acceptors (Lipinski definition) is 3. The quantitative estimate of drug-likeness (QED) is 0.621. The van der Waals surface area contributed by atoms with Crippen molar-refractivity contribution >= 4 is 12.4 Å². The van der Waals surface area contributed by atoms with Crippen molar-refractivity contribution in [3.63, 3.8) is 0 Å². The Balaban J connectivity index is 0.00000272. The van der Waals surface area contributed by atoms with Gasteiger partial charge in [0.05, 0.1) is 12.7 Å². The first-order valence-electron chi connectivity index (χ1n) is 11.4. The van der Waals surface area contributed by atoms with E-state index in [4.69, 9.17) is 4.74 Å². The zero-order valence-electron chi connectivity index (χ0n) is 19.5. The van der Waals surface area contributed by atoms with Crippen LogP contribution in [0.2, 0.25) is 0 Å². The molecule has 4 heteroatoms. The van der Waals surface area contributed by atoms with Crippen LogP contribution in [-0.2, 0) is 12.0 Å². The number of methoxy groups -OCH3 is 1. The van der Waals surface area contributed by atoms with Crippen molar-refractivity contribution in [2.45, 2.75) is 39.2 Å². The van der Waals surface area contributed by atoms with E-state index < -0.39 is 5.60 Å². The molecule has 3 fully saturated rings. The second kappa shape index (κ2) is 9.13. The summed E-state index contributed by atoms with van der Waals surface area (Å²) in [5, 5.41) is 12.3. The van der Waals surface area contributed by atoms with Crippen molar-refractivity contribution in [3.05, 3.63) is 65.7 Å². The molecule has 3 nitrogen and oxygen atoms in total. The summed E-state index contributed by atoms with van der Waals surface area (Å²) >= 11 is 0. The Morgan fingerprint density at radius 1 is 1.06 bits per heavy atom. The van der Waals surface area contributed by atoms with Crippen LogP contribution >= 0.6 is 12.4 Å². The summed E-state index contributed by atoms with van der Waals surface area (Å²) in [5.74, 6) is 2.35. The number of rotatable bonds is 7. The molecule has 5 rings (SSSR count). The fourth-order valence-electron chi connectivity index (χ4n) is 6.49. The van der Waals surface area contributed by atoms with Gasteiger partial charge in [-0.05, 0) is 66.3 Å². The highest BCUT2D eigenvalue weighted by molar-refractivity contribution is 5.85. The van der Waals surface area contributed by atoms with Gasteiger partial charge < -0.3 is 14.7 Å². The molecule has 1 N–H and O–H groups in total. The molecule has 0 aromatic heterocycles. The summed E-state index contributed by atoms with van der Waals surface area (Å²) in [7, 11) is 3.90. The van der Waals surface area contributed by atoms with Crippen LogP contribution in [0.5, 0.6) is 5.75 Å². The van der Waals surface area contributed by atoms with Gasteiger partial charge in [-0.2, -0.15) is 0 Å². The topological polar surface area (TPSA) is 32.7 Å². The largest absolute Gasteiger partial charge is 0.497 e. The number of aliphatic hydroxyl groups is 1. The number of hydrogen-bond donors (Lipinski definition) is 1. The van der Waals surface area contributed by atoms with Crippen LogP contribution in [-0.4, -0.2) is 37.3 Å². The Hall–Kier alpha value is -1.55. The van der Waals surface area contributed by atoms with Crippen molar-refractivity contribution in [1.29, 1.82) is 0 Å². The maximum Gasteiger partial charge on any atom is 0.119 e. The molecule has 0 saturated heterocycles. The first-order valence-corrected chi connectivity index (χ1v) is 11.4. The van der Waals surface area contributed by atoms with Gasteiger partial charge in [-0.3, -0.25) is 0 Å². The minimum atomic E-state index is -0.821. The van der Waals surface area contributed by atoms with E-state index in [1.54, 1.807) is 7.11 Å². The number of fused-ring (bicyclic) bond motifs is 2. The van der Waals surface area contributed by atoms with E-state index in [9.17, 15) is 5.11 Å². The molecule has 2 aromatic carbocycles. The summed E-state index contributed by atoms with van der Waals surface area (Å²) in [5.41, 5.74) is 1.85. The Kier molecular flexibility index (Phi) is 7.10. The Bertz CT molecular complexity index is 871. The van der Waals surface area contributed by atoms with Crippen LogP contribution in [0.15, 0.2) is 54.6 Å². The van der Waals surface area contributed by atoms with E-state index in [0.717, 1.165) is 30.8 Å². The molecule has 3 aliphatic carbocycles. The van der Waals surface area contributed by atoms with Gasteiger partial charge in [-0.25, -0.2) is 0 Å². The molecule has 3 saturated carbocycles. The van der Waals surface area contributed by atoms with Crippen molar-refractivity contribution in [1.82, 2.24) is 4.90 Å². The third-order valence-electron chi connectivity index (χ3n) is 8.43. The molecule has 31 heavy (non-hydrogen) atoms. The molecule has 3 aliphatic rings. The Labute approximate surface area is 194 Å². The Morgan fingerprint density at radius 2 is 1.77 bits per heavy atom. The first kappa shape index (κ1) is 24.1. The molecule has 170 valence electrons. The van der Waals surface area contributed by atoms with Gasteiger partial charge in [0.2, 0.25) is 0 Å². The van der Waals surface area contributed by atoms with Crippen molar-refractivity contribution < 1.29 is 9.84 Å². The lowest BCUT2D eigenvalue weighted by Crippen LogP contribution is -2.67. The third kappa shape index (κ3) is 4.13. The zero-order chi connectivity index (χ0) is 21.5. The monoisotopic (exact) mass is 443 g/mol. The summed E-state index contributed by atoms with van der Waals surface area (Å²) in [6.45, 7) is 8.98.